The fraction of sp³-hybridized carbons (Fsp3) is 0.421. The first-order valence-electron chi connectivity index (χ1n) is 8.94. The van der Waals surface area contributed by atoms with E-state index in [1.54, 1.807) is 18.2 Å². The number of carbonyl (C=O) groups excluding carboxylic acids is 1. The van der Waals surface area contributed by atoms with E-state index in [0.29, 0.717) is 12.3 Å². The van der Waals surface area contributed by atoms with Gasteiger partial charge in [-0.3, -0.25) is 4.79 Å². The standard InChI is InChI=1S/C19H24N2O5S/c1-14-6-3-4-10-21(14)27(23,24)18-12-15(8-9-17(18)25-2)19(22)20-13-16-7-5-11-26-16/h5,7-9,11-12,14H,3-4,6,10,13H2,1-2H3,(H,20,22)/t14-/m1/s1. The highest BCUT2D eigenvalue weighted by atomic mass is 32.2. The van der Waals surface area contributed by atoms with Crippen LogP contribution in [-0.4, -0.2) is 38.3 Å². The summed E-state index contributed by atoms with van der Waals surface area (Å²) in [6.07, 6.45) is 4.19. The van der Waals surface area contributed by atoms with E-state index in [0.717, 1.165) is 19.3 Å². The number of hydrogen-bond acceptors (Lipinski definition) is 5. The van der Waals surface area contributed by atoms with Gasteiger partial charge in [-0.1, -0.05) is 6.42 Å². The number of nitrogens with zero attached hydrogens (tertiary/aromatic N) is 1. The number of carbonyl (C=O) groups is 1. The predicted molar refractivity (Wildman–Crippen MR) is 100 cm³/mol. The molecule has 1 aliphatic rings. The molecule has 1 atom stereocenters. The number of methoxy groups -OCH3 is 1. The van der Waals surface area contributed by atoms with Crippen LogP contribution in [0.4, 0.5) is 0 Å². The largest absolute Gasteiger partial charge is 0.495 e. The molecule has 2 aromatic rings. The Labute approximate surface area is 159 Å². The molecule has 1 N–H and O–H groups in total. The van der Waals surface area contributed by atoms with Gasteiger partial charge in [-0.2, -0.15) is 4.31 Å². The Bertz CT molecular complexity index is 893. The number of ether oxygens (including phenoxy) is 1. The van der Waals surface area contributed by atoms with Crippen LogP contribution in [0.5, 0.6) is 5.75 Å². The van der Waals surface area contributed by atoms with Crippen molar-refractivity contribution in [2.24, 2.45) is 0 Å². The topological polar surface area (TPSA) is 88.8 Å². The average molecular weight is 392 g/mol. The minimum Gasteiger partial charge on any atom is -0.495 e. The van der Waals surface area contributed by atoms with Crippen LogP contribution in [0.2, 0.25) is 0 Å². The van der Waals surface area contributed by atoms with Crippen LogP contribution in [0.1, 0.15) is 42.3 Å². The number of hydrogen-bond donors (Lipinski definition) is 1. The predicted octanol–water partition coefficient (Wildman–Crippen LogP) is 2.78. The summed E-state index contributed by atoms with van der Waals surface area (Å²) in [6.45, 7) is 2.60. The second-order valence-corrected chi connectivity index (χ2v) is 8.45. The fourth-order valence-electron chi connectivity index (χ4n) is 3.26. The Kier molecular flexibility index (Phi) is 5.86. The second kappa shape index (κ2) is 8.14. The summed E-state index contributed by atoms with van der Waals surface area (Å²) < 4.78 is 38.3. The molecule has 8 heteroatoms. The Morgan fingerprint density at radius 1 is 1.33 bits per heavy atom. The van der Waals surface area contributed by atoms with Crippen molar-refractivity contribution in [3.05, 3.63) is 47.9 Å². The molecule has 3 rings (SSSR count). The summed E-state index contributed by atoms with van der Waals surface area (Å²) in [7, 11) is -2.34. The molecule has 27 heavy (non-hydrogen) atoms. The van der Waals surface area contributed by atoms with E-state index in [9.17, 15) is 13.2 Å². The quantitative estimate of drug-likeness (QED) is 0.817. The maximum absolute atomic E-state index is 13.2. The van der Waals surface area contributed by atoms with Gasteiger partial charge in [-0.05, 0) is 50.1 Å². The first-order valence-corrected chi connectivity index (χ1v) is 10.4. The van der Waals surface area contributed by atoms with Gasteiger partial charge in [-0.25, -0.2) is 8.42 Å². The maximum Gasteiger partial charge on any atom is 0.251 e. The lowest BCUT2D eigenvalue weighted by molar-refractivity contribution is 0.0947. The number of furan rings is 1. The van der Waals surface area contributed by atoms with Crippen molar-refractivity contribution in [3.63, 3.8) is 0 Å². The van der Waals surface area contributed by atoms with Crippen LogP contribution in [0.25, 0.3) is 0 Å². The van der Waals surface area contributed by atoms with E-state index < -0.39 is 10.0 Å². The monoisotopic (exact) mass is 392 g/mol. The van der Waals surface area contributed by atoms with Crippen LogP contribution < -0.4 is 10.1 Å². The van der Waals surface area contributed by atoms with Crippen LogP contribution in [-0.2, 0) is 16.6 Å². The van der Waals surface area contributed by atoms with Crippen molar-refractivity contribution in [2.45, 2.75) is 43.7 Å². The first kappa shape index (κ1) is 19.4. The summed E-state index contributed by atoms with van der Waals surface area (Å²) in [6, 6.07) is 7.86. The van der Waals surface area contributed by atoms with Crippen molar-refractivity contribution < 1.29 is 22.4 Å². The van der Waals surface area contributed by atoms with E-state index in [4.69, 9.17) is 9.15 Å². The normalized spacial score (nSPS) is 18.2. The van der Waals surface area contributed by atoms with Gasteiger partial charge in [-0.15, -0.1) is 0 Å². The molecule has 1 saturated heterocycles. The smallest absolute Gasteiger partial charge is 0.251 e. The summed E-state index contributed by atoms with van der Waals surface area (Å²) >= 11 is 0. The van der Waals surface area contributed by atoms with Crippen LogP contribution in [0.3, 0.4) is 0 Å². The Hall–Kier alpha value is -2.32. The summed E-state index contributed by atoms with van der Waals surface area (Å²) in [5.41, 5.74) is 0.255. The van der Waals surface area contributed by atoms with Crippen LogP contribution in [0.15, 0.2) is 45.9 Å². The molecule has 0 spiro atoms. The molecule has 7 nitrogen and oxygen atoms in total. The molecule has 0 aliphatic carbocycles. The average Bonchev–Trinajstić information content (AvgIpc) is 3.19. The molecule has 1 aromatic heterocycles. The van der Waals surface area contributed by atoms with E-state index in [-0.39, 0.29) is 34.7 Å². The van der Waals surface area contributed by atoms with Gasteiger partial charge in [0.1, 0.15) is 16.4 Å². The van der Waals surface area contributed by atoms with Crippen LogP contribution in [0, 0.1) is 0 Å². The Balaban J connectivity index is 1.87. The van der Waals surface area contributed by atoms with Gasteiger partial charge in [0, 0.05) is 18.2 Å². The van der Waals surface area contributed by atoms with Crippen molar-refractivity contribution in [3.8, 4) is 5.75 Å². The van der Waals surface area contributed by atoms with Gasteiger partial charge >= 0.3 is 0 Å². The van der Waals surface area contributed by atoms with E-state index in [1.807, 2.05) is 6.92 Å². The molecule has 0 saturated carbocycles. The fourth-order valence-corrected chi connectivity index (χ4v) is 5.14. The third-order valence-electron chi connectivity index (χ3n) is 4.76. The number of rotatable bonds is 6. The van der Waals surface area contributed by atoms with Crippen molar-refractivity contribution in [2.75, 3.05) is 13.7 Å². The molecule has 1 fully saturated rings. The molecule has 0 radical (unpaired) electrons. The lowest BCUT2D eigenvalue weighted by atomic mass is 10.1. The molecule has 2 heterocycles. The van der Waals surface area contributed by atoms with E-state index in [2.05, 4.69) is 5.32 Å². The zero-order valence-corrected chi connectivity index (χ0v) is 16.3. The Morgan fingerprint density at radius 3 is 2.81 bits per heavy atom. The zero-order chi connectivity index (χ0) is 19.4. The summed E-state index contributed by atoms with van der Waals surface area (Å²) in [5.74, 6) is 0.472. The molecular formula is C19H24N2O5S. The minimum atomic E-state index is -3.76. The van der Waals surface area contributed by atoms with E-state index in [1.165, 1.54) is 29.8 Å². The van der Waals surface area contributed by atoms with Gasteiger partial charge in [0.15, 0.2) is 0 Å². The van der Waals surface area contributed by atoms with E-state index >= 15 is 0 Å². The second-order valence-electron chi connectivity index (χ2n) is 6.59. The highest BCUT2D eigenvalue weighted by molar-refractivity contribution is 7.89. The molecule has 0 bridgehead atoms. The number of amides is 1. The van der Waals surface area contributed by atoms with Gasteiger partial charge in [0.2, 0.25) is 10.0 Å². The molecule has 0 unspecified atom stereocenters. The van der Waals surface area contributed by atoms with Crippen LogP contribution >= 0.6 is 0 Å². The molecule has 1 aliphatic heterocycles. The number of piperidine rings is 1. The number of benzene rings is 1. The van der Waals surface area contributed by atoms with Crippen molar-refractivity contribution in [1.29, 1.82) is 0 Å². The maximum atomic E-state index is 13.2. The summed E-state index contributed by atoms with van der Waals surface area (Å²) in [4.78, 5) is 12.5. The van der Waals surface area contributed by atoms with Crippen molar-refractivity contribution in [1.82, 2.24) is 9.62 Å². The molecule has 1 amide bonds. The lowest BCUT2D eigenvalue weighted by Gasteiger charge is -2.32. The zero-order valence-electron chi connectivity index (χ0n) is 15.5. The minimum absolute atomic E-state index is 0.0180. The molecule has 1 aromatic carbocycles. The Morgan fingerprint density at radius 2 is 2.15 bits per heavy atom. The number of nitrogens with one attached hydrogen (secondary N) is 1. The molecular weight excluding hydrogens is 368 g/mol. The first-order chi connectivity index (χ1) is 12.9. The van der Waals surface area contributed by atoms with Gasteiger partial charge in [0.25, 0.3) is 5.91 Å². The third-order valence-corrected chi connectivity index (χ3v) is 6.79. The SMILES string of the molecule is COc1ccc(C(=O)NCc2ccco2)cc1S(=O)(=O)N1CCCC[C@H]1C. The lowest BCUT2D eigenvalue weighted by Crippen LogP contribution is -2.42. The highest BCUT2D eigenvalue weighted by Crippen LogP contribution is 2.31. The summed E-state index contributed by atoms with van der Waals surface area (Å²) in [5, 5.41) is 2.72. The number of sulfonamides is 1. The third kappa shape index (κ3) is 4.17. The van der Waals surface area contributed by atoms with Crippen molar-refractivity contribution >= 4 is 15.9 Å². The van der Waals surface area contributed by atoms with Gasteiger partial charge < -0.3 is 14.5 Å². The molecule has 146 valence electrons. The van der Waals surface area contributed by atoms with Gasteiger partial charge in [0.05, 0.1) is 19.9 Å². The highest BCUT2D eigenvalue weighted by Gasteiger charge is 2.33.